The van der Waals surface area contributed by atoms with Crippen molar-refractivity contribution in [1.29, 1.82) is 5.26 Å². The summed E-state index contributed by atoms with van der Waals surface area (Å²) in [6.45, 7) is 11.2. The minimum atomic E-state index is -0.205. The van der Waals surface area contributed by atoms with Gasteiger partial charge in [0, 0.05) is 68.2 Å². The van der Waals surface area contributed by atoms with Crippen LogP contribution in [0.2, 0.25) is 5.02 Å². The van der Waals surface area contributed by atoms with Crippen LogP contribution in [0.1, 0.15) is 64.9 Å². The topological polar surface area (TPSA) is 146 Å². The number of pyridine rings is 1. The van der Waals surface area contributed by atoms with Gasteiger partial charge in [-0.2, -0.15) is 10.5 Å². The molecular formula is C41H47ClN8O4. The Balaban J connectivity index is 1.16. The molecule has 3 heterocycles. The molecule has 0 spiro atoms. The van der Waals surface area contributed by atoms with Gasteiger partial charge in [-0.05, 0) is 79.8 Å². The van der Waals surface area contributed by atoms with Crippen molar-refractivity contribution in [3.8, 4) is 34.4 Å². The lowest BCUT2D eigenvalue weighted by Crippen LogP contribution is -2.24. The van der Waals surface area contributed by atoms with E-state index in [9.17, 15) is 10.4 Å². The van der Waals surface area contributed by atoms with Gasteiger partial charge in [0.2, 0.25) is 0 Å². The van der Waals surface area contributed by atoms with Gasteiger partial charge in [0.25, 0.3) is 0 Å². The number of β-amino-alcohol motifs (C(OH)–C–C–N with tert-alkyl or cyclic N) is 1. The number of benzene rings is 3. The quantitative estimate of drug-likeness (QED) is 0.0988. The molecule has 13 heteroatoms. The second kappa shape index (κ2) is 18.3. The van der Waals surface area contributed by atoms with Crippen molar-refractivity contribution in [2.24, 2.45) is 0 Å². The molecule has 282 valence electrons. The number of nitriles is 1. The molecule has 1 saturated heterocycles. The number of aliphatic hydroxyl groups is 1. The van der Waals surface area contributed by atoms with Gasteiger partial charge in [-0.25, -0.2) is 0 Å². The van der Waals surface area contributed by atoms with Crippen LogP contribution < -0.4 is 14.2 Å². The Hall–Kier alpha value is -5.06. The zero-order valence-corrected chi connectivity index (χ0v) is 32.0. The van der Waals surface area contributed by atoms with Crippen LogP contribution in [0.25, 0.3) is 11.1 Å². The van der Waals surface area contributed by atoms with E-state index in [1.54, 1.807) is 12.3 Å². The number of rotatable bonds is 17. The standard InChI is InChI=1S/C41H47ClN8O4/c1-27(41-45-47-48-46-41)22-49(4)23-33-17-37(42)40(18-39(33)53-25-31-16-30(19-43)20-44-21-31)54-26-32-8-5-9-35(28(32)2)36-10-6-11-38(29(36)3)52-15-7-13-50-14-12-34(51)24-50/h5-6,8-11,16-18,20-21,27,34,51H,7,12-15,22-26H2,1-4H3,(H,45,46,47,48). The van der Waals surface area contributed by atoms with E-state index in [0.717, 1.165) is 77.2 Å². The zero-order valence-electron chi connectivity index (χ0n) is 31.3. The van der Waals surface area contributed by atoms with Gasteiger partial charge in [0.1, 0.15) is 36.5 Å². The van der Waals surface area contributed by atoms with Crippen LogP contribution in [0.4, 0.5) is 0 Å². The number of ether oxygens (including phenoxy) is 3. The van der Waals surface area contributed by atoms with E-state index >= 15 is 0 Å². The molecule has 54 heavy (non-hydrogen) atoms. The number of likely N-dealkylation sites (tertiary alicyclic amines) is 1. The molecule has 6 rings (SSSR count). The van der Waals surface area contributed by atoms with E-state index in [1.807, 2.05) is 44.3 Å². The van der Waals surface area contributed by atoms with Crippen LogP contribution in [-0.2, 0) is 19.8 Å². The first-order chi connectivity index (χ1) is 26.2. The van der Waals surface area contributed by atoms with E-state index in [1.165, 1.54) is 6.20 Å². The van der Waals surface area contributed by atoms with Crippen molar-refractivity contribution in [1.82, 2.24) is 35.4 Å². The predicted octanol–water partition coefficient (Wildman–Crippen LogP) is 6.63. The Morgan fingerprint density at radius 2 is 1.80 bits per heavy atom. The summed E-state index contributed by atoms with van der Waals surface area (Å²) in [5, 5.41) is 34.1. The molecule has 0 amide bonds. The van der Waals surface area contributed by atoms with E-state index < -0.39 is 0 Å². The third-order valence-electron chi connectivity index (χ3n) is 9.79. The Bertz CT molecular complexity index is 2050. The molecule has 12 nitrogen and oxygen atoms in total. The lowest BCUT2D eigenvalue weighted by Gasteiger charge is -2.22. The van der Waals surface area contributed by atoms with Crippen LogP contribution in [0.15, 0.2) is 67.0 Å². The summed E-state index contributed by atoms with van der Waals surface area (Å²) in [5.74, 6) is 2.69. The van der Waals surface area contributed by atoms with Gasteiger partial charge >= 0.3 is 0 Å². The number of aromatic nitrogens is 5. The molecule has 5 aromatic rings. The summed E-state index contributed by atoms with van der Waals surface area (Å²) in [4.78, 5) is 8.62. The summed E-state index contributed by atoms with van der Waals surface area (Å²) >= 11 is 6.89. The van der Waals surface area contributed by atoms with E-state index in [2.05, 4.69) is 73.5 Å². The third-order valence-corrected chi connectivity index (χ3v) is 10.1. The lowest BCUT2D eigenvalue weighted by atomic mass is 9.93. The van der Waals surface area contributed by atoms with Crippen molar-refractivity contribution in [2.75, 3.05) is 39.8 Å². The fourth-order valence-corrected chi connectivity index (χ4v) is 7.09. The minimum absolute atomic E-state index is 0.0509. The average Bonchev–Trinajstić information content (AvgIpc) is 3.86. The number of halogens is 1. The number of hydrogen-bond acceptors (Lipinski definition) is 11. The SMILES string of the molecule is Cc1c(COc2cc(OCc3cncc(C#N)c3)c(CN(C)CC(C)c3nn[nH]n3)cc2Cl)cccc1-c1cccc(OCCCN2CCC(O)C2)c1C. The van der Waals surface area contributed by atoms with Crippen LogP contribution in [0, 0.1) is 25.2 Å². The number of tetrazole rings is 1. The number of hydrogen-bond donors (Lipinski definition) is 2. The number of aliphatic hydroxyl groups excluding tert-OH is 1. The minimum Gasteiger partial charge on any atom is -0.493 e. The first kappa shape index (κ1) is 38.7. The Morgan fingerprint density at radius 1 is 1.00 bits per heavy atom. The predicted molar refractivity (Wildman–Crippen MR) is 207 cm³/mol. The van der Waals surface area contributed by atoms with Crippen molar-refractivity contribution in [3.63, 3.8) is 0 Å². The fourth-order valence-electron chi connectivity index (χ4n) is 6.85. The largest absolute Gasteiger partial charge is 0.493 e. The molecule has 1 fully saturated rings. The van der Waals surface area contributed by atoms with Gasteiger partial charge in [-0.3, -0.25) is 4.98 Å². The van der Waals surface area contributed by atoms with Gasteiger partial charge < -0.3 is 29.1 Å². The fraction of sp³-hybridized carbons (Fsp3) is 0.390. The molecule has 1 aliphatic heterocycles. The number of nitrogens with zero attached hydrogens (tertiary/aromatic N) is 7. The highest BCUT2D eigenvalue weighted by Gasteiger charge is 2.20. The Morgan fingerprint density at radius 3 is 2.56 bits per heavy atom. The van der Waals surface area contributed by atoms with Crippen LogP contribution in [0.3, 0.4) is 0 Å². The number of aromatic amines is 1. The number of H-pyrrole nitrogens is 1. The van der Waals surface area contributed by atoms with Crippen LogP contribution in [-0.4, -0.2) is 86.5 Å². The molecular weight excluding hydrogens is 704 g/mol. The summed E-state index contributed by atoms with van der Waals surface area (Å²) in [6.07, 6.45) is 4.76. The number of likely N-dealkylation sites (N-methyl/N-ethyl adjacent to an activating group) is 1. The molecule has 2 unspecified atom stereocenters. The summed E-state index contributed by atoms with van der Waals surface area (Å²) in [6, 6.07) is 20.1. The highest BCUT2D eigenvalue weighted by molar-refractivity contribution is 6.32. The monoisotopic (exact) mass is 750 g/mol. The molecule has 1 aliphatic rings. The van der Waals surface area contributed by atoms with Gasteiger partial charge in [-0.15, -0.1) is 10.2 Å². The molecule has 0 radical (unpaired) electrons. The van der Waals surface area contributed by atoms with Crippen molar-refractivity contribution in [3.05, 3.63) is 111 Å². The van der Waals surface area contributed by atoms with Gasteiger partial charge in [-0.1, -0.05) is 54.1 Å². The van der Waals surface area contributed by atoms with Crippen molar-refractivity contribution < 1.29 is 19.3 Å². The zero-order chi connectivity index (χ0) is 38.0. The molecule has 0 aliphatic carbocycles. The average molecular weight is 751 g/mol. The second-order valence-electron chi connectivity index (χ2n) is 14.0. The van der Waals surface area contributed by atoms with E-state index in [4.69, 9.17) is 25.8 Å². The molecule has 0 bridgehead atoms. The Kier molecular flexibility index (Phi) is 13.1. The number of nitrogens with one attached hydrogen (secondary N) is 1. The maximum absolute atomic E-state index is 9.81. The molecule has 0 saturated carbocycles. The summed E-state index contributed by atoms with van der Waals surface area (Å²) < 4.78 is 19.0. The molecule has 2 atom stereocenters. The van der Waals surface area contributed by atoms with Crippen molar-refractivity contribution >= 4 is 11.6 Å². The highest BCUT2D eigenvalue weighted by Crippen LogP contribution is 2.37. The van der Waals surface area contributed by atoms with E-state index in [-0.39, 0.29) is 18.6 Å². The summed E-state index contributed by atoms with van der Waals surface area (Å²) in [7, 11) is 2.01. The lowest BCUT2D eigenvalue weighted by molar-refractivity contribution is 0.173. The first-order valence-corrected chi connectivity index (χ1v) is 18.6. The second-order valence-corrected chi connectivity index (χ2v) is 14.4. The third kappa shape index (κ3) is 9.92. The normalized spacial score (nSPS) is 15.0. The maximum Gasteiger partial charge on any atom is 0.178 e. The van der Waals surface area contributed by atoms with Crippen LogP contribution >= 0.6 is 11.6 Å². The maximum atomic E-state index is 9.81. The van der Waals surface area contributed by atoms with Crippen LogP contribution in [0.5, 0.6) is 17.2 Å². The van der Waals surface area contributed by atoms with E-state index in [0.29, 0.717) is 54.2 Å². The first-order valence-electron chi connectivity index (χ1n) is 18.2. The highest BCUT2D eigenvalue weighted by atomic mass is 35.5. The molecule has 2 N–H and O–H groups in total. The van der Waals surface area contributed by atoms with Gasteiger partial charge in [0.05, 0.1) is 23.3 Å². The smallest absolute Gasteiger partial charge is 0.178 e. The molecule has 2 aromatic heterocycles. The molecule has 3 aromatic carbocycles. The Labute approximate surface area is 321 Å². The van der Waals surface area contributed by atoms with Crippen molar-refractivity contribution in [2.45, 2.75) is 65.4 Å². The summed E-state index contributed by atoms with van der Waals surface area (Å²) in [5.41, 5.74) is 7.57. The van der Waals surface area contributed by atoms with Gasteiger partial charge in [0.15, 0.2) is 5.82 Å².